The summed E-state index contributed by atoms with van der Waals surface area (Å²) in [5, 5.41) is 4.43. The average molecular weight is 210 g/mol. The van der Waals surface area contributed by atoms with Crippen LogP contribution in [0.4, 0.5) is 11.5 Å². The third-order valence-corrected chi connectivity index (χ3v) is 2.70. The SMILES string of the molecule is CCc1nn(C)c(N(CC)C(C)C)c1N. The minimum atomic E-state index is 0.442. The van der Waals surface area contributed by atoms with Gasteiger partial charge in [-0.1, -0.05) is 6.92 Å². The molecule has 1 aromatic rings. The average Bonchev–Trinajstić information content (AvgIpc) is 2.45. The smallest absolute Gasteiger partial charge is 0.150 e. The minimum Gasteiger partial charge on any atom is -0.394 e. The summed E-state index contributed by atoms with van der Waals surface area (Å²) in [6.07, 6.45) is 0.884. The molecule has 0 saturated carbocycles. The van der Waals surface area contributed by atoms with Gasteiger partial charge < -0.3 is 10.6 Å². The first-order chi connectivity index (χ1) is 7.02. The number of nitrogens with zero attached hydrogens (tertiary/aromatic N) is 3. The van der Waals surface area contributed by atoms with Crippen LogP contribution in [0, 0.1) is 0 Å². The molecule has 4 nitrogen and oxygen atoms in total. The summed E-state index contributed by atoms with van der Waals surface area (Å²) < 4.78 is 1.89. The minimum absolute atomic E-state index is 0.442. The second-order valence-corrected chi connectivity index (χ2v) is 4.04. The van der Waals surface area contributed by atoms with E-state index in [1.54, 1.807) is 0 Å². The van der Waals surface area contributed by atoms with Crippen LogP contribution in [-0.2, 0) is 13.5 Å². The fourth-order valence-corrected chi connectivity index (χ4v) is 1.95. The van der Waals surface area contributed by atoms with Crippen molar-refractivity contribution in [3.8, 4) is 0 Å². The van der Waals surface area contributed by atoms with E-state index in [1.807, 2.05) is 11.7 Å². The third-order valence-electron chi connectivity index (χ3n) is 2.70. The van der Waals surface area contributed by atoms with Gasteiger partial charge in [-0.2, -0.15) is 5.10 Å². The van der Waals surface area contributed by atoms with Crippen molar-refractivity contribution in [2.24, 2.45) is 7.05 Å². The Hall–Kier alpha value is -1.19. The summed E-state index contributed by atoms with van der Waals surface area (Å²) in [5.41, 5.74) is 7.93. The van der Waals surface area contributed by atoms with Gasteiger partial charge in [-0.05, 0) is 27.2 Å². The predicted molar refractivity (Wildman–Crippen MR) is 65.2 cm³/mol. The van der Waals surface area contributed by atoms with E-state index in [9.17, 15) is 0 Å². The van der Waals surface area contributed by atoms with Gasteiger partial charge in [-0.25, -0.2) is 0 Å². The number of nitrogen functional groups attached to an aromatic ring is 1. The maximum Gasteiger partial charge on any atom is 0.150 e. The van der Waals surface area contributed by atoms with Crippen LogP contribution < -0.4 is 10.6 Å². The summed E-state index contributed by atoms with van der Waals surface area (Å²) in [6, 6.07) is 0.442. The molecule has 0 radical (unpaired) electrons. The van der Waals surface area contributed by atoms with Crippen molar-refractivity contribution in [1.82, 2.24) is 9.78 Å². The molecule has 1 aromatic heterocycles. The van der Waals surface area contributed by atoms with E-state index in [4.69, 9.17) is 5.73 Å². The van der Waals surface area contributed by atoms with Crippen LogP contribution in [0.15, 0.2) is 0 Å². The number of hydrogen-bond donors (Lipinski definition) is 1. The predicted octanol–water partition coefficient (Wildman–Crippen LogP) is 1.80. The zero-order valence-corrected chi connectivity index (χ0v) is 10.4. The molecule has 2 N–H and O–H groups in total. The molecule has 0 unspecified atom stereocenters. The lowest BCUT2D eigenvalue weighted by molar-refractivity contribution is 0.649. The molecule has 1 rings (SSSR count). The topological polar surface area (TPSA) is 47.1 Å². The third kappa shape index (κ3) is 2.08. The quantitative estimate of drug-likeness (QED) is 0.824. The summed E-state index contributed by atoms with van der Waals surface area (Å²) in [4.78, 5) is 2.27. The van der Waals surface area contributed by atoms with Gasteiger partial charge in [0.15, 0.2) is 5.82 Å². The Morgan fingerprint density at radius 1 is 1.40 bits per heavy atom. The lowest BCUT2D eigenvalue weighted by atomic mass is 10.2. The molecule has 0 saturated heterocycles. The molecular formula is C11H22N4. The number of nitrogens with two attached hydrogens (primary N) is 1. The van der Waals surface area contributed by atoms with Crippen LogP contribution in [0.5, 0.6) is 0 Å². The van der Waals surface area contributed by atoms with Crippen LogP contribution in [-0.4, -0.2) is 22.4 Å². The maximum absolute atomic E-state index is 6.10. The van der Waals surface area contributed by atoms with Crippen molar-refractivity contribution in [3.05, 3.63) is 5.69 Å². The standard InChI is InChI=1S/C11H22N4/c1-6-9-10(12)11(14(5)13-9)15(7-2)8(3)4/h8H,6-7,12H2,1-5H3. The largest absolute Gasteiger partial charge is 0.394 e. The van der Waals surface area contributed by atoms with Crippen LogP contribution in [0.2, 0.25) is 0 Å². The number of anilines is 2. The van der Waals surface area contributed by atoms with Crippen molar-refractivity contribution in [2.45, 2.75) is 40.2 Å². The summed E-state index contributed by atoms with van der Waals surface area (Å²) >= 11 is 0. The maximum atomic E-state index is 6.10. The van der Waals surface area contributed by atoms with Crippen molar-refractivity contribution in [3.63, 3.8) is 0 Å². The van der Waals surface area contributed by atoms with Gasteiger partial charge in [0.2, 0.25) is 0 Å². The van der Waals surface area contributed by atoms with Gasteiger partial charge in [-0.15, -0.1) is 0 Å². The first-order valence-electron chi connectivity index (χ1n) is 5.60. The van der Waals surface area contributed by atoms with Crippen molar-refractivity contribution in [2.75, 3.05) is 17.2 Å². The van der Waals surface area contributed by atoms with Crippen LogP contribution in [0.3, 0.4) is 0 Å². The Morgan fingerprint density at radius 2 is 2.00 bits per heavy atom. The van der Waals surface area contributed by atoms with Gasteiger partial charge in [0, 0.05) is 19.6 Å². The monoisotopic (exact) mass is 210 g/mol. The Labute approximate surface area is 92.1 Å². The fraction of sp³-hybridized carbons (Fsp3) is 0.727. The molecule has 0 spiro atoms. The molecule has 0 amide bonds. The highest BCUT2D eigenvalue weighted by Crippen LogP contribution is 2.27. The zero-order valence-electron chi connectivity index (χ0n) is 10.4. The lowest BCUT2D eigenvalue weighted by Gasteiger charge is -2.27. The van der Waals surface area contributed by atoms with Crippen LogP contribution in [0.25, 0.3) is 0 Å². The van der Waals surface area contributed by atoms with Crippen LogP contribution in [0.1, 0.15) is 33.4 Å². The van der Waals surface area contributed by atoms with Gasteiger partial charge in [0.1, 0.15) is 0 Å². The van der Waals surface area contributed by atoms with Gasteiger partial charge >= 0.3 is 0 Å². The number of aryl methyl sites for hydroxylation is 2. The van der Waals surface area contributed by atoms with E-state index in [0.717, 1.165) is 30.2 Å². The van der Waals surface area contributed by atoms with E-state index in [0.29, 0.717) is 6.04 Å². The van der Waals surface area contributed by atoms with Crippen molar-refractivity contribution in [1.29, 1.82) is 0 Å². The summed E-state index contributed by atoms with van der Waals surface area (Å²) in [6.45, 7) is 9.50. The highest BCUT2D eigenvalue weighted by atomic mass is 15.4. The van der Waals surface area contributed by atoms with Crippen molar-refractivity contribution < 1.29 is 0 Å². The summed E-state index contributed by atoms with van der Waals surface area (Å²) in [7, 11) is 1.95. The molecule has 1 heterocycles. The second kappa shape index (κ2) is 4.55. The molecule has 0 bridgehead atoms. The molecule has 86 valence electrons. The van der Waals surface area contributed by atoms with Gasteiger partial charge in [0.25, 0.3) is 0 Å². The highest BCUT2D eigenvalue weighted by Gasteiger charge is 2.19. The first-order valence-corrected chi connectivity index (χ1v) is 5.60. The first kappa shape index (κ1) is 11.9. The Bertz CT molecular complexity index is 328. The molecule has 15 heavy (non-hydrogen) atoms. The Kier molecular flexibility index (Phi) is 3.61. The van der Waals surface area contributed by atoms with E-state index < -0.39 is 0 Å². The normalized spacial score (nSPS) is 11.1. The fourth-order valence-electron chi connectivity index (χ4n) is 1.95. The van der Waals surface area contributed by atoms with Gasteiger partial charge in [-0.3, -0.25) is 4.68 Å². The molecular weight excluding hydrogens is 188 g/mol. The van der Waals surface area contributed by atoms with E-state index >= 15 is 0 Å². The zero-order chi connectivity index (χ0) is 11.6. The molecule has 0 aliphatic rings. The molecule has 0 aliphatic heterocycles. The number of aromatic nitrogens is 2. The van der Waals surface area contributed by atoms with Crippen LogP contribution >= 0.6 is 0 Å². The number of hydrogen-bond acceptors (Lipinski definition) is 3. The molecule has 4 heteroatoms. The summed E-state index contributed by atoms with van der Waals surface area (Å²) in [5.74, 6) is 1.05. The van der Waals surface area contributed by atoms with E-state index in [2.05, 4.69) is 37.7 Å². The molecule has 0 atom stereocenters. The second-order valence-electron chi connectivity index (χ2n) is 4.04. The van der Waals surface area contributed by atoms with E-state index in [1.165, 1.54) is 0 Å². The molecule has 0 fully saturated rings. The Morgan fingerprint density at radius 3 is 2.33 bits per heavy atom. The van der Waals surface area contributed by atoms with Crippen molar-refractivity contribution >= 4 is 11.5 Å². The Balaban J connectivity index is 3.17. The lowest BCUT2D eigenvalue weighted by Crippen LogP contribution is -2.32. The number of rotatable bonds is 4. The van der Waals surface area contributed by atoms with Gasteiger partial charge in [0.05, 0.1) is 11.4 Å². The molecule has 0 aliphatic carbocycles. The molecule has 0 aromatic carbocycles. The highest BCUT2D eigenvalue weighted by molar-refractivity contribution is 5.66. The van der Waals surface area contributed by atoms with E-state index in [-0.39, 0.29) is 0 Å².